The number of benzene rings is 1. The second-order valence-corrected chi connectivity index (χ2v) is 4.23. The fraction of sp³-hybridized carbons (Fsp3) is 0.250. The Morgan fingerprint density at radius 1 is 1.28 bits per heavy atom. The molecule has 0 aromatic heterocycles. The van der Waals surface area contributed by atoms with Crippen LogP contribution < -0.4 is 5.32 Å². The van der Waals surface area contributed by atoms with Crippen LogP contribution in [0.2, 0.25) is 0 Å². The summed E-state index contributed by atoms with van der Waals surface area (Å²) in [6.07, 6.45) is 0. The summed E-state index contributed by atoms with van der Waals surface area (Å²) in [5.41, 5.74) is 1.24. The molecule has 0 bridgehead atoms. The predicted octanol–water partition coefficient (Wildman–Crippen LogP) is 0.524. The Hall–Kier alpha value is -1.88. The molecule has 18 heavy (non-hydrogen) atoms. The van der Waals surface area contributed by atoms with Crippen molar-refractivity contribution in [3.05, 3.63) is 35.4 Å². The standard InChI is InChI=1S/C12H11ClN2O3/c13-5-8-2-1-3-9(4-8)12(18)15-6-10(16)14-11(17)7-15/h1-4H,5-7H2,(H,14,16,17). The fourth-order valence-electron chi connectivity index (χ4n) is 1.75. The maximum atomic E-state index is 12.1. The molecular weight excluding hydrogens is 256 g/mol. The summed E-state index contributed by atoms with van der Waals surface area (Å²) < 4.78 is 0. The van der Waals surface area contributed by atoms with Crippen molar-refractivity contribution in [2.45, 2.75) is 5.88 Å². The van der Waals surface area contributed by atoms with Crippen LogP contribution in [0.5, 0.6) is 0 Å². The Labute approximate surface area is 109 Å². The van der Waals surface area contributed by atoms with E-state index < -0.39 is 11.8 Å². The van der Waals surface area contributed by atoms with Crippen LogP contribution in [0.15, 0.2) is 24.3 Å². The number of hydrogen-bond donors (Lipinski definition) is 1. The number of nitrogens with one attached hydrogen (secondary N) is 1. The Bertz CT molecular complexity index is 500. The van der Waals surface area contributed by atoms with E-state index >= 15 is 0 Å². The van der Waals surface area contributed by atoms with E-state index in [1.807, 2.05) is 0 Å². The first-order valence-electron chi connectivity index (χ1n) is 5.37. The highest BCUT2D eigenvalue weighted by atomic mass is 35.5. The maximum Gasteiger partial charge on any atom is 0.254 e. The second-order valence-electron chi connectivity index (χ2n) is 3.97. The van der Waals surface area contributed by atoms with E-state index in [2.05, 4.69) is 5.32 Å². The highest BCUT2D eigenvalue weighted by molar-refractivity contribution is 6.17. The van der Waals surface area contributed by atoms with Crippen LogP contribution in [0, 0.1) is 0 Å². The largest absolute Gasteiger partial charge is 0.320 e. The first-order valence-corrected chi connectivity index (χ1v) is 5.90. The van der Waals surface area contributed by atoms with E-state index in [-0.39, 0.29) is 19.0 Å². The van der Waals surface area contributed by atoms with Gasteiger partial charge in [-0.2, -0.15) is 0 Å². The number of rotatable bonds is 2. The molecular formula is C12H11ClN2O3. The van der Waals surface area contributed by atoms with Crippen molar-refractivity contribution in [2.24, 2.45) is 0 Å². The molecule has 1 aromatic rings. The van der Waals surface area contributed by atoms with Gasteiger partial charge < -0.3 is 4.90 Å². The van der Waals surface area contributed by atoms with E-state index in [0.717, 1.165) is 5.56 Å². The molecule has 3 amide bonds. The van der Waals surface area contributed by atoms with Gasteiger partial charge in [-0.15, -0.1) is 11.6 Å². The Balaban J connectivity index is 2.19. The van der Waals surface area contributed by atoms with Crippen LogP contribution in [0.3, 0.4) is 0 Å². The SMILES string of the molecule is O=C1CN(C(=O)c2cccc(CCl)c2)CC(=O)N1. The van der Waals surface area contributed by atoms with Crippen LogP contribution in [-0.2, 0) is 15.5 Å². The number of halogens is 1. The van der Waals surface area contributed by atoms with Gasteiger partial charge in [-0.3, -0.25) is 19.7 Å². The second kappa shape index (κ2) is 5.18. The minimum atomic E-state index is -0.465. The summed E-state index contributed by atoms with van der Waals surface area (Å²) in [7, 11) is 0. The van der Waals surface area contributed by atoms with E-state index in [0.29, 0.717) is 11.4 Å². The molecule has 0 saturated carbocycles. The average Bonchev–Trinajstić information content (AvgIpc) is 2.37. The zero-order chi connectivity index (χ0) is 13.1. The molecule has 1 N–H and O–H groups in total. The van der Waals surface area contributed by atoms with Gasteiger partial charge in [0.05, 0.1) is 0 Å². The summed E-state index contributed by atoms with van der Waals surface area (Å²) in [4.78, 5) is 35.7. The number of piperazine rings is 1. The van der Waals surface area contributed by atoms with Crippen LogP contribution in [-0.4, -0.2) is 35.7 Å². The van der Waals surface area contributed by atoms with Gasteiger partial charge in [-0.1, -0.05) is 12.1 Å². The van der Waals surface area contributed by atoms with Crippen molar-refractivity contribution >= 4 is 29.3 Å². The van der Waals surface area contributed by atoms with Crippen molar-refractivity contribution < 1.29 is 14.4 Å². The lowest BCUT2D eigenvalue weighted by molar-refractivity contribution is -0.135. The lowest BCUT2D eigenvalue weighted by Crippen LogP contribution is -2.53. The Morgan fingerprint density at radius 2 is 1.94 bits per heavy atom. The third kappa shape index (κ3) is 2.68. The third-order valence-electron chi connectivity index (χ3n) is 2.56. The van der Waals surface area contributed by atoms with Gasteiger partial charge in [0, 0.05) is 11.4 Å². The van der Waals surface area contributed by atoms with Crippen LogP contribution in [0.1, 0.15) is 15.9 Å². The van der Waals surface area contributed by atoms with Crippen LogP contribution in [0.4, 0.5) is 0 Å². The molecule has 0 radical (unpaired) electrons. The molecule has 1 fully saturated rings. The minimum Gasteiger partial charge on any atom is -0.320 e. The zero-order valence-electron chi connectivity index (χ0n) is 9.48. The van der Waals surface area contributed by atoms with E-state index in [9.17, 15) is 14.4 Å². The first-order chi connectivity index (χ1) is 8.60. The normalized spacial score (nSPS) is 15.5. The molecule has 0 spiro atoms. The Morgan fingerprint density at radius 3 is 2.56 bits per heavy atom. The van der Waals surface area contributed by atoms with Crippen molar-refractivity contribution in [2.75, 3.05) is 13.1 Å². The van der Waals surface area contributed by atoms with Gasteiger partial charge in [-0.25, -0.2) is 0 Å². The van der Waals surface area contributed by atoms with Gasteiger partial charge in [-0.05, 0) is 17.7 Å². The summed E-state index contributed by atoms with van der Waals surface area (Å²) in [6, 6.07) is 6.82. The van der Waals surface area contributed by atoms with Crippen molar-refractivity contribution in [3.63, 3.8) is 0 Å². The maximum absolute atomic E-state index is 12.1. The van der Waals surface area contributed by atoms with Gasteiger partial charge >= 0.3 is 0 Å². The number of amides is 3. The number of alkyl halides is 1. The van der Waals surface area contributed by atoms with Crippen molar-refractivity contribution in [3.8, 4) is 0 Å². The molecule has 1 aromatic carbocycles. The molecule has 6 heteroatoms. The predicted molar refractivity (Wildman–Crippen MR) is 65.1 cm³/mol. The molecule has 0 aliphatic carbocycles. The Kier molecular flexibility index (Phi) is 3.62. The van der Waals surface area contributed by atoms with Gasteiger partial charge in [0.1, 0.15) is 13.1 Å². The molecule has 1 aliphatic heterocycles. The van der Waals surface area contributed by atoms with E-state index in [1.54, 1.807) is 24.3 Å². The fourth-order valence-corrected chi connectivity index (χ4v) is 1.92. The quantitative estimate of drug-likeness (QED) is 0.627. The number of nitrogens with zero attached hydrogens (tertiary/aromatic N) is 1. The molecule has 5 nitrogen and oxygen atoms in total. The van der Waals surface area contributed by atoms with Crippen molar-refractivity contribution in [1.82, 2.24) is 10.2 Å². The minimum absolute atomic E-state index is 0.102. The summed E-state index contributed by atoms with van der Waals surface area (Å²) in [6.45, 7) is -0.203. The lowest BCUT2D eigenvalue weighted by atomic mass is 10.1. The number of carbonyl (C=O) groups is 3. The zero-order valence-corrected chi connectivity index (χ0v) is 10.2. The highest BCUT2D eigenvalue weighted by Gasteiger charge is 2.26. The third-order valence-corrected chi connectivity index (χ3v) is 2.87. The van der Waals surface area contributed by atoms with E-state index in [4.69, 9.17) is 11.6 Å². The monoisotopic (exact) mass is 266 g/mol. The van der Waals surface area contributed by atoms with Crippen LogP contribution >= 0.6 is 11.6 Å². The van der Waals surface area contributed by atoms with Gasteiger partial charge in [0.25, 0.3) is 5.91 Å². The molecule has 1 aliphatic rings. The molecule has 0 unspecified atom stereocenters. The summed E-state index contributed by atoms with van der Waals surface area (Å²) >= 11 is 5.69. The molecule has 2 rings (SSSR count). The average molecular weight is 267 g/mol. The van der Waals surface area contributed by atoms with Gasteiger partial charge in [0.15, 0.2) is 0 Å². The van der Waals surface area contributed by atoms with Gasteiger partial charge in [0.2, 0.25) is 11.8 Å². The molecule has 94 valence electrons. The smallest absolute Gasteiger partial charge is 0.254 e. The molecule has 0 atom stereocenters. The lowest BCUT2D eigenvalue weighted by Gasteiger charge is -2.25. The first kappa shape index (κ1) is 12.6. The summed E-state index contributed by atoms with van der Waals surface area (Å²) in [5, 5.41) is 2.15. The molecule has 1 heterocycles. The van der Waals surface area contributed by atoms with Crippen molar-refractivity contribution in [1.29, 1.82) is 0 Å². The van der Waals surface area contributed by atoms with E-state index in [1.165, 1.54) is 4.90 Å². The topological polar surface area (TPSA) is 66.5 Å². The molecule has 1 saturated heterocycles. The summed E-state index contributed by atoms with van der Waals surface area (Å²) in [5.74, 6) is -0.966. The number of imide groups is 1. The van der Waals surface area contributed by atoms with Crippen LogP contribution in [0.25, 0.3) is 0 Å². The number of hydrogen-bond acceptors (Lipinski definition) is 3. The number of carbonyl (C=O) groups excluding carboxylic acids is 3. The highest BCUT2D eigenvalue weighted by Crippen LogP contribution is 2.11.